The second-order valence-electron chi connectivity index (χ2n) is 3.00. The molecule has 14 heavy (non-hydrogen) atoms. The molecule has 1 aromatic rings. The monoisotopic (exact) mass is 212 g/mol. The van der Waals surface area contributed by atoms with Crippen LogP contribution in [0.3, 0.4) is 0 Å². The average molecular weight is 212 g/mol. The summed E-state index contributed by atoms with van der Waals surface area (Å²) in [4.78, 5) is 0. The predicted octanol–water partition coefficient (Wildman–Crippen LogP) is 2.32. The van der Waals surface area contributed by atoms with Gasteiger partial charge in [-0.3, -0.25) is 0 Å². The smallest absolute Gasteiger partial charge is 0.119 e. The van der Waals surface area contributed by atoms with Crippen molar-refractivity contribution in [2.75, 3.05) is 25.6 Å². The van der Waals surface area contributed by atoms with E-state index in [1.54, 1.807) is 0 Å². The van der Waals surface area contributed by atoms with Crippen LogP contribution in [-0.4, -0.2) is 25.6 Å². The maximum atomic E-state index is 5.46. The molecule has 0 fully saturated rings. The molecule has 0 atom stereocenters. The van der Waals surface area contributed by atoms with Crippen molar-refractivity contribution < 1.29 is 9.47 Å². The normalized spacial score (nSPS) is 10.1. The van der Waals surface area contributed by atoms with Crippen LogP contribution in [0.25, 0.3) is 0 Å². The molecule has 0 aliphatic carbocycles. The van der Waals surface area contributed by atoms with E-state index in [0.29, 0.717) is 19.8 Å². The number of ether oxygens (including phenoxy) is 2. The van der Waals surface area contributed by atoms with Crippen molar-refractivity contribution in [2.45, 2.75) is 6.92 Å². The van der Waals surface area contributed by atoms with Gasteiger partial charge < -0.3 is 9.47 Å². The van der Waals surface area contributed by atoms with Gasteiger partial charge in [-0.05, 0) is 19.1 Å². The van der Waals surface area contributed by atoms with Gasteiger partial charge in [-0.1, -0.05) is 17.7 Å². The number of benzene rings is 1. The Bertz CT molecular complexity index is 246. The number of hydrogen-bond donors (Lipinski definition) is 1. The van der Waals surface area contributed by atoms with Crippen LogP contribution in [-0.2, 0) is 4.74 Å². The Morgan fingerprint density at radius 3 is 2.43 bits per heavy atom. The summed E-state index contributed by atoms with van der Waals surface area (Å²) in [6.45, 7) is 3.95. The lowest BCUT2D eigenvalue weighted by atomic mass is 10.2. The van der Waals surface area contributed by atoms with Crippen LogP contribution in [0.1, 0.15) is 5.56 Å². The highest BCUT2D eigenvalue weighted by atomic mass is 32.1. The third-order valence-electron chi connectivity index (χ3n) is 1.75. The van der Waals surface area contributed by atoms with E-state index in [9.17, 15) is 0 Å². The summed E-state index contributed by atoms with van der Waals surface area (Å²) in [6, 6.07) is 8.00. The van der Waals surface area contributed by atoms with Crippen LogP contribution in [0.2, 0.25) is 0 Å². The van der Waals surface area contributed by atoms with E-state index in [1.165, 1.54) is 5.56 Å². The molecule has 0 unspecified atom stereocenters. The van der Waals surface area contributed by atoms with Gasteiger partial charge in [-0.15, -0.1) is 0 Å². The molecule has 3 heteroatoms. The Kier molecular flexibility index (Phi) is 5.49. The topological polar surface area (TPSA) is 18.5 Å². The lowest BCUT2D eigenvalue weighted by Gasteiger charge is -2.06. The summed E-state index contributed by atoms with van der Waals surface area (Å²) < 4.78 is 10.7. The Morgan fingerprint density at radius 2 is 1.79 bits per heavy atom. The molecule has 78 valence electrons. The Balaban J connectivity index is 2.15. The fraction of sp³-hybridized carbons (Fsp3) is 0.455. The van der Waals surface area contributed by atoms with Gasteiger partial charge in [0, 0.05) is 5.75 Å². The summed E-state index contributed by atoms with van der Waals surface area (Å²) >= 11 is 4.04. The molecule has 0 spiro atoms. The summed E-state index contributed by atoms with van der Waals surface area (Å²) in [5.41, 5.74) is 1.24. The molecule has 0 saturated carbocycles. The zero-order valence-corrected chi connectivity index (χ0v) is 9.30. The summed E-state index contributed by atoms with van der Waals surface area (Å²) in [5.74, 6) is 1.65. The molecule has 0 bridgehead atoms. The third-order valence-corrected chi connectivity index (χ3v) is 1.94. The standard InChI is InChI=1S/C11H16O2S/c1-10-2-4-11(5-3-10)13-7-6-12-8-9-14/h2-5,14H,6-9H2,1H3. The first kappa shape index (κ1) is 11.4. The molecule has 0 radical (unpaired) electrons. The first-order valence-electron chi connectivity index (χ1n) is 4.71. The van der Waals surface area contributed by atoms with Crippen molar-refractivity contribution in [3.63, 3.8) is 0 Å². The van der Waals surface area contributed by atoms with Gasteiger partial charge in [-0.2, -0.15) is 12.6 Å². The lowest BCUT2D eigenvalue weighted by molar-refractivity contribution is 0.112. The van der Waals surface area contributed by atoms with E-state index in [4.69, 9.17) is 9.47 Å². The van der Waals surface area contributed by atoms with E-state index in [-0.39, 0.29) is 0 Å². The summed E-state index contributed by atoms with van der Waals surface area (Å²) in [7, 11) is 0. The molecule has 0 saturated heterocycles. The molecule has 0 aliphatic heterocycles. The number of hydrogen-bond acceptors (Lipinski definition) is 3. The third kappa shape index (κ3) is 4.53. The molecule has 2 nitrogen and oxygen atoms in total. The molecule has 0 heterocycles. The first-order valence-corrected chi connectivity index (χ1v) is 5.34. The Morgan fingerprint density at radius 1 is 1.07 bits per heavy atom. The van der Waals surface area contributed by atoms with E-state index in [0.717, 1.165) is 11.5 Å². The van der Waals surface area contributed by atoms with Crippen molar-refractivity contribution in [2.24, 2.45) is 0 Å². The van der Waals surface area contributed by atoms with Crippen molar-refractivity contribution in [3.05, 3.63) is 29.8 Å². The molecule has 0 aliphatic rings. The molecule has 0 amide bonds. The zero-order valence-electron chi connectivity index (χ0n) is 8.40. The average Bonchev–Trinajstić information content (AvgIpc) is 2.21. The van der Waals surface area contributed by atoms with Crippen LogP contribution >= 0.6 is 12.6 Å². The van der Waals surface area contributed by atoms with Gasteiger partial charge in [0.2, 0.25) is 0 Å². The van der Waals surface area contributed by atoms with Crippen LogP contribution in [0.15, 0.2) is 24.3 Å². The van der Waals surface area contributed by atoms with Crippen LogP contribution in [0, 0.1) is 6.92 Å². The van der Waals surface area contributed by atoms with Crippen molar-refractivity contribution in [1.82, 2.24) is 0 Å². The second-order valence-corrected chi connectivity index (χ2v) is 3.44. The zero-order chi connectivity index (χ0) is 10.2. The summed E-state index contributed by atoms with van der Waals surface area (Å²) in [5, 5.41) is 0. The summed E-state index contributed by atoms with van der Waals surface area (Å²) in [6.07, 6.45) is 0. The Labute approximate surface area is 90.6 Å². The van der Waals surface area contributed by atoms with Gasteiger partial charge in [0.05, 0.1) is 13.2 Å². The van der Waals surface area contributed by atoms with E-state index < -0.39 is 0 Å². The first-order chi connectivity index (χ1) is 6.83. The second kappa shape index (κ2) is 6.74. The van der Waals surface area contributed by atoms with Crippen LogP contribution in [0.5, 0.6) is 5.75 Å². The highest BCUT2D eigenvalue weighted by Gasteiger charge is 1.92. The van der Waals surface area contributed by atoms with Gasteiger partial charge in [0.1, 0.15) is 12.4 Å². The predicted molar refractivity (Wildman–Crippen MR) is 61.3 cm³/mol. The van der Waals surface area contributed by atoms with Gasteiger partial charge in [-0.25, -0.2) is 0 Å². The van der Waals surface area contributed by atoms with E-state index in [1.807, 2.05) is 24.3 Å². The van der Waals surface area contributed by atoms with Gasteiger partial charge >= 0.3 is 0 Å². The molecule has 1 aromatic carbocycles. The minimum atomic E-state index is 0.594. The van der Waals surface area contributed by atoms with Crippen molar-refractivity contribution in [1.29, 1.82) is 0 Å². The quantitative estimate of drug-likeness (QED) is 0.576. The van der Waals surface area contributed by atoms with Crippen LogP contribution < -0.4 is 4.74 Å². The van der Waals surface area contributed by atoms with Crippen LogP contribution in [0.4, 0.5) is 0 Å². The molecule has 0 N–H and O–H groups in total. The lowest BCUT2D eigenvalue weighted by Crippen LogP contribution is -2.07. The van der Waals surface area contributed by atoms with E-state index in [2.05, 4.69) is 19.6 Å². The fourth-order valence-corrected chi connectivity index (χ4v) is 1.15. The van der Waals surface area contributed by atoms with Gasteiger partial charge in [0.15, 0.2) is 0 Å². The minimum Gasteiger partial charge on any atom is -0.491 e. The maximum Gasteiger partial charge on any atom is 0.119 e. The highest BCUT2D eigenvalue weighted by molar-refractivity contribution is 7.80. The van der Waals surface area contributed by atoms with Crippen molar-refractivity contribution >= 4 is 12.6 Å². The number of thiol groups is 1. The molecular formula is C11H16O2S. The van der Waals surface area contributed by atoms with Gasteiger partial charge in [0.25, 0.3) is 0 Å². The van der Waals surface area contributed by atoms with Crippen molar-refractivity contribution in [3.8, 4) is 5.75 Å². The molecule has 1 rings (SSSR count). The minimum absolute atomic E-state index is 0.594. The Hall–Kier alpha value is -0.670. The SMILES string of the molecule is Cc1ccc(OCCOCCS)cc1. The number of rotatable bonds is 6. The number of aryl methyl sites for hydroxylation is 1. The van der Waals surface area contributed by atoms with E-state index >= 15 is 0 Å². The fourth-order valence-electron chi connectivity index (χ4n) is 1.02. The largest absolute Gasteiger partial charge is 0.491 e. The molecule has 0 aromatic heterocycles. The molecular weight excluding hydrogens is 196 g/mol. The maximum absolute atomic E-state index is 5.46. The highest BCUT2D eigenvalue weighted by Crippen LogP contribution is 2.10.